The first-order valence-electron chi connectivity index (χ1n) is 9.63. The molecule has 2 N–H and O–H groups in total. The van der Waals surface area contributed by atoms with Gasteiger partial charge in [-0.1, -0.05) is 22.9 Å². The second-order valence-corrected chi connectivity index (χ2v) is 7.07. The number of anilines is 2. The van der Waals surface area contributed by atoms with Gasteiger partial charge in [-0.2, -0.15) is 0 Å². The number of aryl methyl sites for hydroxylation is 2. The van der Waals surface area contributed by atoms with Gasteiger partial charge in [0.2, 0.25) is 5.91 Å². The number of carbonyl (C=O) groups is 2. The lowest BCUT2D eigenvalue weighted by Gasteiger charge is -2.12. The van der Waals surface area contributed by atoms with Gasteiger partial charge in [-0.15, -0.1) is 5.10 Å². The highest BCUT2D eigenvalue weighted by Crippen LogP contribution is 2.29. The van der Waals surface area contributed by atoms with Crippen LogP contribution in [0.4, 0.5) is 11.4 Å². The standard InChI is InChI=1S/C22H25N5O4/c1-13-6-8-17(14(2)10-13)24-22(29)21-15(3)27(26-25-21)12-20(28)23-18-9-7-16(30-4)11-19(18)31-5/h6-11H,12H2,1-5H3,(H,23,28)(H,24,29). The van der Waals surface area contributed by atoms with Gasteiger partial charge in [0, 0.05) is 11.8 Å². The minimum absolute atomic E-state index is 0.106. The van der Waals surface area contributed by atoms with Crippen LogP contribution in [-0.4, -0.2) is 41.0 Å². The van der Waals surface area contributed by atoms with Crippen LogP contribution in [0.5, 0.6) is 11.5 Å². The molecule has 31 heavy (non-hydrogen) atoms. The summed E-state index contributed by atoms with van der Waals surface area (Å²) in [6, 6.07) is 10.8. The maximum atomic E-state index is 12.7. The lowest BCUT2D eigenvalue weighted by Crippen LogP contribution is -2.21. The Hall–Kier alpha value is -3.88. The molecule has 0 saturated heterocycles. The second kappa shape index (κ2) is 9.29. The summed E-state index contributed by atoms with van der Waals surface area (Å²) in [6.07, 6.45) is 0. The van der Waals surface area contributed by atoms with Crippen molar-refractivity contribution in [2.75, 3.05) is 24.9 Å². The van der Waals surface area contributed by atoms with E-state index in [1.807, 2.05) is 32.0 Å². The third-order valence-electron chi connectivity index (χ3n) is 4.80. The van der Waals surface area contributed by atoms with Crippen molar-refractivity contribution in [3.63, 3.8) is 0 Å². The zero-order valence-corrected chi connectivity index (χ0v) is 18.1. The molecular formula is C22H25N5O4. The monoisotopic (exact) mass is 423 g/mol. The van der Waals surface area contributed by atoms with Crippen LogP contribution in [0.2, 0.25) is 0 Å². The van der Waals surface area contributed by atoms with Gasteiger partial charge in [-0.05, 0) is 44.5 Å². The summed E-state index contributed by atoms with van der Waals surface area (Å²) in [4.78, 5) is 25.2. The summed E-state index contributed by atoms with van der Waals surface area (Å²) >= 11 is 0. The minimum atomic E-state index is -0.382. The van der Waals surface area contributed by atoms with E-state index < -0.39 is 0 Å². The third-order valence-corrected chi connectivity index (χ3v) is 4.80. The summed E-state index contributed by atoms with van der Waals surface area (Å²) in [5.74, 6) is 0.365. The zero-order chi connectivity index (χ0) is 22.5. The normalized spacial score (nSPS) is 10.5. The van der Waals surface area contributed by atoms with Gasteiger partial charge in [0.15, 0.2) is 5.69 Å². The van der Waals surface area contributed by atoms with Crippen LogP contribution in [0, 0.1) is 20.8 Å². The lowest BCUT2D eigenvalue weighted by atomic mass is 10.1. The van der Waals surface area contributed by atoms with Gasteiger partial charge in [0.25, 0.3) is 5.91 Å². The van der Waals surface area contributed by atoms with Crippen LogP contribution in [0.15, 0.2) is 36.4 Å². The van der Waals surface area contributed by atoms with Crippen molar-refractivity contribution in [3.05, 3.63) is 58.9 Å². The zero-order valence-electron chi connectivity index (χ0n) is 18.1. The number of hydrogen-bond acceptors (Lipinski definition) is 6. The first kappa shape index (κ1) is 21.8. The molecule has 9 heteroatoms. The van der Waals surface area contributed by atoms with Crippen molar-refractivity contribution in [1.29, 1.82) is 0 Å². The number of ether oxygens (including phenoxy) is 2. The Kier molecular flexibility index (Phi) is 6.54. The Labute approximate surface area is 180 Å². The number of benzene rings is 2. The topological polar surface area (TPSA) is 107 Å². The van der Waals surface area contributed by atoms with Crippen LogP contribution in [0.1, 0.15) is 27.3 Å². The summed E-state index contributed by atoms with van der Waals surface area (Å²) in [6.45, 7) is 5.49. The number of rotatable bonds is 7. The van der Waals surface area contributed by atoms with Crippen LogP contribution >= 0.6 is 0 Å². The molecule has 0 aliphatic carbocycles. The molecule has 0 fully saturated rings. The quantitative estimate of drug-likeness (QED) is 0.605. The first-order chi connectivity index (χ1) is 14.8. The fourth-order valence-corrected chi connectivity index (χ4v) is 3.08. The molecule has 0 spiro atoms. The van der Waals surface area contributed by atoms with E-state index >= 15 is 0 Å². The molecule has 0 atom stereocenters. The van der Waals surface area contributed by atoms with Crippen molar-refractivity contribution < 1.29 is 19.1 Å². The number of nitrogens with zero attached hydrogens (tertiary/aromatic N) is 3. The minimum Gasteiger partial charge on any atom is -0.497 e. The number of carbonyl (C=O) groups excluding carboxylic acids is 2. The van der Waals surface area contributed by atoms with Gasteiger partial charge in [-0.3, -0.25) is 9.59 Å². The molecule has 0 radical (unpaired) electrons. The highest BCUT2D eigenvalue weighted by Gasteiger charge is 2.19. The Morgan fingerprint density at radius 3 is 2.39 bits per heavy atom. The van der Waals surface area contributed by atoms with E-state index in [4.69, 9.17) is 9.47 Å². The summed E-state index contributed by atoms with van der Waals surface area (Å²) in [5, 5.41) is 13.5. The predicted molar refractivity (Wildman–Crippen MR) is 117 cm³/mol. The van der Waals surface area contributed by atoms with Gasteiger partial charge < -0.3 is 20.1 Å². The molecule has 3 rings (SSSR count). The van der Waals surface area contributed by atoms with E-state index in [0.29, 0.717) is 28.6 Å². The van der Waals surface area contributed by atoms with Gasteiger partial charge in [0.1, 0.15) is 18.0 Å². The molecule has 0 unspecified atom stereocenters. The average Bonchev–Trinajstić information content (AvgIpc) is 3.10. The lowest BCUT2D eigenvalue weighted by molar-refractivity contribution is -0.117. The van der Waals surface area contributed by atoms with Crippen LogP contribution in [-0.2, 0) is 11.3 Å². The fraction of sp³-hybridized carbons (Fsp3) is 0.273. The van der Waals surface area contributed by atoms with Crippen LogP contribution in [0.25, 0.3) is 0 Å². The first-order valence-corrected chi connectivity index (χ1v) is 9.63. The molecule has 2 amide bonds. The van der Waals surface area contributed by atoms with Crippen LogP contribution < -0.4 is 20.1 Å². The third kappa shape index (κ3) is 5.00. The molecule has 2 aromatic carbocycles. The van der Waals surface area contributed by atoms with E-state index in [2.05, 4.69) is 20.9 Å². The summed E-state index contributed by atoms with van der Waals surface area (Å²) in [7, 11) is 3.06. The fourth-order valence-electron chi connectivity index (χ4n) is 3.08. The summed E-state index contributed by atoms with van der Waals surface area (Å²) < 4.78 is 11.8. The predicted octanol–water partition coefficient (Wildman–Crippen LogP) is 3.11. The van der Waals surface area contributed by atoms with Gasteiger partial charge in [-0.25, -0.2) is 4.68 Å². The highest BCUT2D eigenvalue weighted by atomic mass is 16.5. The van der Waals surface area contributed by atoms with Gasteiger partial charge in [0.05, 0.1) is 25.6 Å². The van der Waals surface area contributed by atoms with Crippen molar-refractivity contribution in [2.45, 2.75) is 27.3 Å². The van der Waals surface area contributed by atoms with Crippen molar-refractivity contribution >= 4 is 23.2 Å². The summed E-state index contributed by atoms with van der Waals surface area (Å²) in [5.41, 5.74) is 3.91. The Morgan fingerprint density at radius 2 is 1.71 bits per heavy atom. The maximum Gasteiger partial charge on any atom is 0.278 e. The molecule has 0 aliphatic heterocycles. The largest absolute Gasteiger partial charge is 0.497 e. The van der Waals surface area contributed by atoms with E-state index in [1.54, 1.807) is 32.2 Å². The Balaban J connectivity index is 1.70. The molecular weight excluding hydrogens is 398 g/mol. The molecule has 0 saturated carbocycles. The van der Waals surface area contributed by atoms with Crippen molar-refractivity contribution in [1.82, 2.24) is 15.0 Å². The molecule has 1 heterocycles. The Bertz CT molecular complexity index is 1120. The second-order valence-electron chi connectivity index (χ2n) is 7.07. The molecule has 3 aromatic rings. The maximum absolute atomic E-state index is 12.7. The van der Waals surface area contributed by atoms with Gasteiger partial charge >= 0.3 is 0 Å². The van der Waals surface area contributed by atoms with Crippen LogP contribution in [0.3, 0.4) is 0 Å². The number of nitrogens with one attached hydrogen (secondary N) is 2. The number of methoxy groups -OCH3 is 2. The number of aromatic nitrogens is 3. The molecule has 162 valence electrons. The highest BCUT2D eigenvalue weighted by molar-refractivity contribution is 6.04. The molecule has 1 aromatic heterocycles. The SMILES string of the molecule is COc1ccc(NC(=O)Cn2nnc(C(=O)Nc3ccc(C)cc3C)c2C)c(OC)c1. The van der Waals surface area contributed by atoms with Crippen molar-refractivity contribution in [3.8, 4) is 11.5 Å². The number of hydrogen-bond donors (Lipinski definition) is 2. The molecule has 0 bridgehead atoms. The van der Waals surface area contributed by atoms with Crippen molar-refractivity contribution in [2.24, 2.45) is 0 Å². The van der Waals surface area contributed by atoms with E-state index in [-0.39, 0.29) is 24.1 Å². The van der Waals surface area contributed by atoms with E-state index in [0.717, 1.165) is 11.1 Å². The molecule has 9 nitrogen and oxygen atoms in total. The van der Waals surface area contributed by atoms with E-state index in [9.17, 15) is 9.59 Å². The molecule has 0 aliphatic rings. The van der Waals surface area contributed by atoms with E-state index in [1.165, 1.54) is 11.8 Å². The Morgan fingerprint density at radius 1 is 0.968 bits per heavy atom. The average molecular weight is 423 g/mol. The number of amides is 2. The smallest absolute Gasteiger partial charge is 0.278 e.